The number of thiophene rings is 1. The third-order valence-electron chi connectivity index (χ3n) is 13.2. The van der Waals surface area contributed by atoms with Crippen LogP contribution in [0.5, 0.6) is 0 Å². The maximum Gasteiger partial charge on any atom is 0.0702 e. The summed E-state index contributed by atoms with van der Waals surface area (Å²) in [4.78, 5) is 14.2. The Morgan fingerprint density at radius 3 is 1.35 bits per heavy atom. The fourth-order valence-corrected chi connectivity index (χ4v) is 10.6. The normalized spacial score (nSPS) is 11.4. The van der Waals surface area contributed by atoms with Crippen molar-refractivity contribution in [1.82, 2.24) is 15.0 Å². The number of rotatable bonds is 12. The molecule has 0 amide bonds. The van der Waals surface area contributed by atoms with E-state index in [0.717, 1.165) is 65.0 Å². The molecule has 4 heterocycles. The van der Waals surface area contributed by atoms with E-state index in [-0.39, 0.29) is 0 Å². The van der Waals surface area contributed by atoms with Crippen LogP contribution in [0.25, 0.3) is 87.3 Å². The van der Waals surface area contributed by atoms with Gasteiger partial charge in [-0.15, -0.1) is 11.3 Å². The summed E-state index contributed by atoms with van der Waals surface area (Å²) in [5.74, 6) is 0. The minimum Gasteiger partial charge on any atom is -0.256 e. The number of aryl methyl sites for hydroxylation is 7. The first kappa shape index (κ1) is 42.8. The third-order valence-corrected chi connectivity index (χ3v) is 14.4. The van der Waals surface area contributed by atoms with Gasteiger partial charge in [-0.1, -0.05) is 152 Å². The van der Waals surface area contributed by atoms with Crippen molar-refractivity contribution in [2.75, 3.05) is 0 Å². The van der Waals surface area contributed by atoms with E-state index >= 15 is 0 Å². The van der Waals surface area contributed by atoms with Crippen molar-refractivity contribution in [3.05, 3.63) is 246 Å². The molecule has 0 fully saturated rings. The Labute approximate surface area is 403 Å². The van der Waals surface area contributed by atoms with E-state index in [1.165, 1.54) is 86.9 Å². The molecule has 0 aliphatic heterocycles. The fourth-order valence-electron chi connectivity index (χ4n) is 9.42. The van der Waals surface area contributed by atoms with Crippen LogP contribution in [0.1, 0.15) is 38.9 Å². The van der Waals surface area contributed by atoms with Crippen LogP contribution in [-0.4, -0.2) is 15.0 Å². The van der Waals surface area contributed by atoms with Crippen molar-refractivity contribution in [1.29, 1.82) is 0 Å². The lowest BCUT2D eigenvalue weighted by Gasteiger charge is -2.18. The number of aromatic nitrogens is 3. The van der Waals surface area contributed by atoms with Gasteiger partial charge in [0.1, 0.15) is 0 Å². The number of hydrogen-bond acceptors (Lipinski definition) is 4. The molecule has 4 heteroatoms. The van der Waals surface area contributed by atoms with Gasteiger partial charge in [0.2, 0.25) is 0 Å². The maximum absolute atomic E-state index is 4.87. The Balaban J connectivity index is 0.969. The molecule has 0 N–H and O–H groups in total. The van der Waals surface area contributed by atoms with E-state index in [9.17, 15) is 0 Å². The third kappa shape index (κ3) is 9.16. The van der Waals surface area contributed by atoms with Gasteiger partial charge < -0.3 is 0 Å². The zero-order chi connectivity index (χ0) is 46.0. The average molecular weight is 894 g/mol. The highest BCUT2D eigenvalue weighted by atomic mass is 32.1. The molecular formula is C64H51N3S. The molecule has 328 valence electrons. The number of fused-ring (bicyclic) bond motifs is 3. The molecular weight excluding hydrogens is 843 g/mol. The Bertz CT molecular complexity index is 3440. The van der Waals surface area contributed by atoms with E-state index in [0.29, 0.717) is 0 Å². The standard InChI is InChI=1S/C64H51N3S/c1-42-12-31-60(65-39-42)49-23-19-45(20-24-49)15-17-47-34-48(18-16-46-21-25-50(26-22-46)61-32-13-43(2)40-66-61)36-53(35-47)54-8-4-5-9-55(54)56-29-28-52(62-33-14-44(3)41-67-62)37-59(56)51-27-30-58-57-10-6-7-11-63(57)68-64(58)38-51/h4-14,19-41H,15-18H2,1-3H3. The number of pyridine rings is 3. The minimum absolute atomic E-state index is 0.933. The first-order chi connectivity index (χ1) is 33.4. The van der Waals surface area contributed by atoms with Gasteiger partial charge >= 0.3 is 0 Å². The zero-order valence-corrected chi connectivity index (χ0v) is 39.5. The van der Waals surface area contributed by atoms with Gasteiger partial charge in [0, 0.05) is 55.5 Å². The maximum atomic E-state index is 4.87. The van der Waals surface area contributed by atoms with Crippen LogP contribution in [-0.2, 0) is 25.7 Å². The van der Waals surface area contributed by atoms with Gasteiger partial charge in [-0.05, 0) is 155 Å². The molecule has 0 saturated carbocycles. The van der Waals surface area contributed by atoms with Gasteiger partial charge in [-0.25, -0.2) is 0 Å². The van der Waals surface area contributed by atoms with Crippen molar-refractivity contribution in [2.24, 2.45) is 0 Å². The molecule has 11 rings (SSSR count). The topological polar surface area (TPSA) is 38.7 Å². The van der Waals surface area contributed by atoms with Crippen LogP contribution in [0.15, 0.2) is 207 Å². The molecule has 7 aromatic carbocycles. The lowest BCUT2D eigenvalue weighted by molar-refractivity contribution is 0.931. The summed E-state index contributed by atoms with van der Waals surface area (Å²) >= 11 is 1.87. The Hall–Kier alpha value is -7.79. The summed E-state index contributed by atoms with van der Waals surface area (Å²) in [6.07, 6.45) is 9.59. The molecule has 0 aliphatic carbocycles. The van der Waals surface area contributed by atoms with Crippen molar-refractivity contribution in [3.63, 3.8) is 0 Å². The number of nitrogens with zero attached hydrogens (tertiary/aromatic N) is 3. The number of benzene rings is 7. The van der Waals surface area contributed by atoms with E-state index < -0.39 is 0 Å². The highest BCUT2D eigenvalue weighted by molar-refractivity contribution is 7.25. The molecule has 68 heavy (non-hydrogen) atoms. The molecule has 0 radical (unpaired) electrons. The highest BCUT2D eigenvalue weighted by Crippen LogP contribution is 2.43. The molecule has 0 bridgehead atoms. The second-order valence-electron chi connectivity index (χ2n) is 18.2. The Morgan fingerprint density at radius 2 is 0.779 bits per heavy atom. The molecule has 11 aromatic rings. The van der Waals surface area contributed by atoms with E-state index in [1.54, 1.807) is 0 Å². The van der Waals surface area contributed by atoms with Crippen molar-refractivity contribution in [3.8, 4) is 67.2 Å². The summed E-state index contributed by atoms with van der Waals surface area (Å²) in [6, 6.07) is 69.6. The Kier molecular flexibility index (Phi) is 11.9. The van der Waals surface area contributed by atoms with Crippen LogP contribution >= 0.6 is 11.3 Å². The van der Waals surface area contributed by atoms with Crippen molar-refractivity contribution >= 4 is 31.5 Å². The van der Waals surface area contributed by atoms with Crippen LogP contribution in [0, 0.1) is 20.8 Å². The molecule has 0 unspecified atom stereocenters. The molecule has 0 atom stereocenters. The molecule has 0 spiro atoms. The second kappa shape index (κ2) is 18.8. The summed E-state index contributed by atoms with van der Waals surface area (Å²) in [6.45, 7) is 6.24. The summed E-state index contributed by atoms with van der Waals surface area (Å²) in [5.41, 5.74) is 22.5. The van der Waals surface area contributed by atoms with Gasteiger partial charge in [0.25, 0.3) is 0 Å². The fraction of sp³-hybridized carbons (Fsp3) is 0.109. The lowest BCUT2D eigenvalue weighted by atomic mass is 9.86. The summed E-state index contributed by atoms with van der Waals surface area (Å²) in [7, 11) is 0. The average Bonchev–Trinajstić information content (AvgIpc) is 3.76. The summed E-state index contributed by atoms with van der Waals surface area (Å²) in [5, 5.41) is 2.61. The van der Waals surface area contributed by atoms with Gasteiger partial charge in [0.15, 0.2) is 0 Å². The smallest absolute Gasteiger partial charge is 0.0702 e. The van der Waals surface area contributed by atoms with Crippen molar-refractivity contribution < 1.29 is 0 Å². The van der Waals surface area contributed by atoms with Gasteiger partial charge in [-0.2, -0.15) is 0 Å². The molecule has 0 saturated heterocycles. The summed E-state index contributed by atoms with van der Waals surface area (Å²) < 4.78 is 2.61. The monoisotopic (exact) mass is 893 g/mol. The van der Waals surface area contributed by atoms with Gasteiger partial charge in [-0.3, -0.25) is 15.0 Å². The van der Waals surface area contributed by atoms with E-state index in [4.69, 9.17) is 4.98 Å². The number of hydrogen-bond donors (Lipinski definition) is 0. The van der Waals surface area contributed by atoms with Crippen LogP contribution in [0.2, 0.25) is 0 Å². The minimum atomic E-state index is 0.933. The van der Waals surface area contributed by atoms with Crippen LogP contribution in [0.4, 0.5) is 0 Å². The van der Waals surface area contributed by atoms with Crippen molar-refractivity contribution in [2.45, 2.75) is 46.5 Å². The Morgan fingerprint density at radius 1 is 0.309 bits per heavy atom. The highest BCUT2D eigenvalue weighted by Gasteiger charge is 2.17. The molecule has 0 aliphatic rings. The first-order valence-corrected chi connectivity index (χ1v) is 24.4. The predicted molar refractivity (Wildman–Crippen MR) is 287 cm³/mol. The lowest BCUT2D eigenvalue weighted by Crippen LogP contribution is -1.98. The quantitative estimate of drug-likeness (QED) is 0.123. The first-order valence-electron chi connectivity index (χ1n) is 23.6. The van der Waals surface area contributed by atoms with E-state index in [1.807, 2.05) is 29.9 Å². The molecule has 3 nitrogen and oxygen atoms in total. The van der Waals surface area contributed by atoms with Crippen LogP contribution < -0.4 is 0 Å². The second-order valence-corrected chi connectivity index (χ2v) is 19.3. The van der Waals surface area contributed by atoms with E-state index in [2.05, 4.69) is 219 Å². The van der Waals surface area contributed by atoms with Gasteiger partial charge in [0.05, 0.1) is 17.1 Å². The zero-order valence-electron chi connectivity index (χ0n) is 38.7. The SMILES string of the molecule is Cc1ccc(-c2ccc(CCc3cc(CCc4ccc(-c5ccc(C)cn5)cc4)cc(-c4ccccc4-c4ccc(-c5ccc(C)cn5)cc4-c4ccc5c(c4)sc4ccccc45)c3)cc2)nc1. The predicted octanol–water partition coefficient (Wildman–Crippen LogP) is 16.7. The largest absolute Gasteiger partial charge is 0.256 e. The van der Waals surface area contributed by atoms with Crippen LogP contribution in [0.3, 0.4) is 0 Å². The molecule has 4 aromatic heterocycles.